The lowest BCUT2D eigenvalue weighted by Crippen LogP contribution is -2.48. The molecule has 82 valence electrons. The van der Waals surface area contributed by atoms with E-state index in [0.29, 0.717) is 11.2 Å². The maximum absolute atomic E-state index is 5.29. The average molecular weight is 223 g/mol. The van der Waals surface area contributed by atoms with Gasteiger partial charge in [0.25, 0.3) is 0 Å². The van der Waals surface area contributed by atoms with Gasteiger partial charge in [0.05, 0.1) is 0 Å². The van der Waals surface area contributed by atoms with E-state index in [-0.39, 0.29) is 0 Å². The highest BCUT2D eigenvalue weighted by Crippen LogP contribution is 2.56. The van der Waals surface area contributed by atoms with Gasteiger partial charge < -0.3 is 10.7 Å². The van der Waals surface area contributed by atoms with Crippen molar-refractivity contribution < 1.29 is 0 Å². The average Bonchev–Trinajstić information content (AvgIpc) is 2.87. The number of rotatable bonds is 1. The Kier molecular flexibility index (Phi) is 2.21. The van der Waals surface area contributed by atoms with Gasteiger partial charge in [-0.2, -0.15) is 0 Å². The Morgan fingerprint density at radius 3 is 3.00 bits per heavy atom. The highest BCUT2D eigenvalue weighted by Gasteiger charge is 2.52. The van der Waals surface area contributed by atoms with E-state index in [1.54, 1.807) is 0 Å². The van der Waals surface area contributed by atoms with E-state index in [1.807, 2.05) is 0 Å². The van der Waals surface area contributed by atoms with Crippen molar-refractivity contribution in [1.29, 1.82) is 0 Å². The van der Waals surface area contributed by atoms with Crippen molar-refractivity contribution in [2.75, 3.05) is 0 Å². The minimum atomic E-state index is 0.544. The second-order valence-corrected chi connectivity index (χ2v) is 5.43. The molecule has 0 heterocycles. The fourth-order valence-electron chi connectivity index (χ4n) is 3.92. The molecule has 3 nitrogen and oxygen atoms in total. The van der Waals surface area contributed by atoms with Crippen molar-refractivity contribution in [2.24, 2.45) is 29.5 Å². The van der Waals surface area contributed by atoms with Gasteiger partial charge in [-0.15, -0.1) is 0 Å². The standard InChI is InChI=1S/C11H17N3S/c12-14-11(15)13-10-5-6-4-9(10)8-3-1-2-7(6)8/h1,3,6-10H,2,4-5,12H2,(H2,13,14,15)/t6-,7-,8+,9+,10+/m0/s1. The summed E-state index contributed by atoms with van der Waals surface area (Å²) >= 11 is 5.06. The number of nitrogens with two attached hydrogens (primary N) is 1. The maximum Gasteiger partial charge on any atom is 0.180 e. The van der Waals surface area contributed by atoms with E-state index in [4.69, 9.17) is 18.1 Å². The zero-order valence-electron chi connectivity index (χ0n) is 8.65. The molecule has 15 heavy (non-hydrogen) atoms. The van der Waals surface area contributed by atoms with Crippen molar-refractivity contribution >= 4 is 17.3 Å². The molecular formula is C11H17N3S. The molecule has 0 unspecified atom stereocenters. The number of hydrogen-bond acceptors (Lipinski definition) is 2. The Bertz CT molecular complexity index is 315. The van der Waals surface area contributed by atoms with Crippen molar-refractivity contribution in [3.05, 3.63) is 12.2 Å². The molecule has 3 aliphatic carbocycles. The van der Waals surface area contributed by atoms with Gasteiger partial charge in [0.15, 0.2) is 5.11 Å². The summed E-state index contributed by atoms with van der Waals surface area (Å²) in [5.41, 5.74) is 2.51. The normalized spacial score (nSPS) is 45.5. The first-order valence-electron chi connectivity index (χ1n) is 5.73. The number of hydrazine groups is 1. The Balaban J connectivity index is 1.70. The van der Waals surface area contributed by atoms with Gasteiger partial charge in [-0.05, 0) is 55.2 Å². The van der Waals surface area contributed by atoms with Crippen molar-refractivity contribution in [3.63, 3.8) is 0 Å². The van der Waals surface area contributed by atoms with Crippen LogP contribution in [0.1, 0.15) is 19.3 Å². The number of thiocarbonyl (C=S) groups is 1. The molecular weight excluding hydrogens is 206 g/mol. The van der Waals surface area contributed by atoms with Gasteiger partial charge in [-0.3, -0.25) is 0 Å². The van der Waals surface area contributed by atoms with Crippen molar-refractivity contribution in [1.82, 2.24) is 10.7 Å². The lowest BCUT2D eigenvalue weighted by Gasteiger charge is -2.32. The Labute approximate surface area is 95.5 Å². The second-order valence-electron chi connectivity index (χ2n) is 5.02. The van der Waals surface area contributed by atoms with Gasteiger partial charge in [-0.25, -0.2) is 5.84 Å². The fraction of sp³-hybridized carbons (Fsp3) is 0.727. The first kappa shape index (κ1) is 9.60. The van der Waals surface area contributed by atoms with E-state index in [0.717, 1.165) is 23.7 Å². The summed E-state index contributed by atoms with van der Waals surface area (Å²) in [5.74, 6) is 8.72. The molecule has 4 heteroatoms. The summed E-state index contributed by atoms with van der Waals surface area (Å²) in [6, 6.07) is 0.544. The Hall–Kier alpha value is -0.610. The molecule has 0 radical (unpaired) electrons. The molecule has 2 fully saturated rings. The number of hydrogen-bond donors (Lipinski definition) is 3. The summed E-state index contributed by atoms with van der Waals surface area (Å²) in [7, 11) is 0. The zero-order valence-corrected chi connectivity index (χ0v) is 9.46. The van der Waals surface area contributed by atoms with E-state index in [9.17, 15) is 0 Å². The zero-order chi connectivity index (χ0) is 10.4. The van der Waals surface area contributed by atoms with E-state index in [1.165, 1.54) is 19.3 Å². The Morgan fingerprint density at radius 1 is 1.33 bits per heavy atom. The number of fused-ring (bicyclic) bond motifs is 5. The molecule has 3 aliphatic rings. The topological polar surface area (TPSA) is 50.1 Å². The molecule has 0 spiro atoms. The summed E-state index contributed by atoms with van der Waals surface area (Å²) in [4.78, 5) is 0. The molecule has 0 aliphatic heterocycles. The van der Waals surface area contributed by atoms with E-state index in [2.05, 4.69) is 22.9 Å². The van der Waals surface area contributed by atoms with Gasteiger partial charge in [0.1, 0.15) is 0 Å². The van der Waals surface area contributed by atoms with Crippen LogP contribution < -0.4 is 16.6 Å². The van der Waals surface area contributed by atoms with Crippen LogP contribution in [0.2, 0.25) is 0 Å². The van der Waals surface area contributed by atoms with Crippen LogP contribution in [0.3, 0.4) is 0 Å². The Morgan fingerprint density at radius 2 is 2.20 bits per heavy atom. The van der Waals surface area contributed by atoms with Crippen LogP contribution in [-0.4, -0.2) is 11.2 Å². The smallest absolute Gasteiger partial charge is 0.180 e. The van der Waals surface area contributed by atoms with Gasteiger partial charge in [0, 0.05) is 6.04 Å². The van der Waals surface area contributed by atoms with Crippen LogP contribution in [0.5, 0.6) is 0 Å². The maximum atomic E-state index is 5.29. The minimum Gasteiger partial charge on any atom is -0.359 e. The minimum absolute atomic E-state index is 0.544. The molecule has 3 rings (SSSR count). The SMILES string of the molecule is NNC(=S)N[C@@H]1C[C@@H]2C[C@@H]1[C@@H]1C=CC[C@@H]21. The first-order valence-corrected chi connectivity index (χ1v) is 6.14. The molecule has 2 bridgehead atoms. The van der Waals surface area contributed by atoms with Crippen LogP contribution in [0.4, 0.5) is 0 Å². The number of nitrogens with one attached hydrogen (secondary N) is 2. The van der Waals surface area contributed by atoms with Crippen LogP contribution >= 0.6 is 12.2 Å². The summed E-state index contributed by atoms with van der Waals surface area (Å²) in [6.45, 7) is 0. The van der Waals surface area contributed by atoms with Crippen LogP contribution in [0.15, 0.2) is 12.2 Å². The molecule has 5 atom stereocenters. The molecule has 0 aromatic heterocycles. The van der Waals surface area contributed by atoms with Crippen LogP contribution in [0.25, 0.3) is 0 Å². The molecule has 4 N–H and O–H groups in total. The lowest BCUT2D eigenvalue weighted by molar-refractivity contribution is 0.246. The van der Waals surface area contributed by atoms with Crippen molar-refractivity contribution in [2.45, 2.75) is 25.3 Å². The highest BCUT2D eigenvalue weighted by molar-refractivity contribution is 7.80. The first-order chi connectivity index (χ1) is 7.29. The molecule has 2 saturated carbocycles. The monoisotopic (exact) mass is 223 g/mol. The lowest BCUT2D eigenvalue weighted by atomic mass is 9.79. The summed E-state index contributed by atoms with van der Waals surface area (Å²) < 4.78 is 0. The third-order valence-corrected chi connectivity index (χ3v) is 4.69. The predicted octanol–water partition coefficient (Wildman–Crippen LogP) is 0.925. The third-order valence-electron chi connectivity index (χ3n) is 4.46. The fourth-order valence-corrected chi connectivity index (χ4v) is 4.07. The van der Waals surface area contributed by atoms with Crippen molar-refractivity contribution in [3.8, 4) is 0 Å². The van der Waals surface area contributed by atoms with Crippen LogP contribution in [-0.2, 0) is 0 Å². The van der Waals surface area contributed by atoms with E-state index >= 15 is 0 Å². The van der Waals surface area contributed by atoms with Crippen LogP contribution in [0, 0.1) is 23.7 Å². The second kappa shape index (κ2) is 3.46. The van der Waals surface area contributed by atoms with Gasteiger partial charge >= 0.3 is 0 Å². The third kappa shape index (κ3) is 1.39. The van der Waals surface area contributed by atoms with E-state index < -0.39 is 0 Å². The molecule has 0 aromatic carbocycles. The van der Waals surface area contributed by atoms with Gasteiger partial charge in [-0.1, -0.05) is 12.2 Å². The molecule has 0 amide bonds. The number of allylic oxidation sites excluding steroid dienone is 2. The van der Waals surface area contributed by atoms with Gasteiger partial charge in [0.2, 0.25) is 0 Å². The molecule has 0 aromatic rings. The summed E-state index contributed by atoms with van der Waals surface area (Å²) in [6.07, 6.45) is 8.73. The quantitative estimate of drug-likeness (QED) is 0.268. The summed E-state index contributed by atoms with van der Waals surface area (Å²) in [5, 5.41) is 3.92. The molecule has 0 saturated heterocycles. The largest absolute Gasteiger partial charge is 0.359 e. The highest BCUT2D eigenvalue weighted by atomic mass is 32.1. The predicted molar refractivity (Wildman–Crippen MR) is 63.8 cm³/mol.